The second-order valence-electron chi connectivity index (χ2n) is 4.48. The summed E-state index contributed by atoms with van der Waals surface area (Å²) in [5.41, 5.74) is 1.61. The van der Waals surface area contributed by atoms with Gasteiger partial charge in [-0.1, -0.05) is 94.1 Å². The molecule has 27 heavy (non-hydrogen) atoms. The second-order valence-corrected chi connectivity index (χ2v) is 4.48. The summed E-state index contributed by atoms with van der Waals surface area (Å²) in [6.07, 6.45) is 7.73. The monoisotopic (exact) mass is 370 g/mol. The summed E-state index contributed by atoms with van der Waals surface area (Å²) in [5.74, 6) is -0.759. The highest BCUT2D eigenvalue weighted by atomic mass is 16.5. The molecule has 0 unspecified atom stereocenters. The molecule has 0 N–H and O–H groups in total. The maximum Gasteiger partial charge on any atom is 0.332 e. The van der Waals surface area contributed by atoms with Gasteiger partial charge in [-0.05, 0) is 12.5 Å². The molecule has 0 aliphatic heterocycles. The summed E-state index contributed by atoms with van der Waals surface area (Å²) in [6, 6.07) is 10.0. The van der Waals surface area contributed by atoms with Crippen molar-refractivity contribution in [1.82, 2.24) is 0 Å². The van der Waals surface area contributed by atoms with Gasteiger partial charge in [0.05, 0.1) is 7.11 Å². The number of methoxy groups -OCH3 is 1. The highest BCUT2D eigenvalue weighted by molar-refractivity contribution is 5.86. The van der Waals surface area contributed by atoms with E-state index in [0.717, 1.165) is 6.08 Å². The fourth-order valence-electron chi connectivity index (χ4n) is 0.963. The Morgan fingerprint density at radius 2 is 1.52 bits per heavy atom. The van der Waals surface area contributed by atoms with Crippen LogP contribution in [-0.2, 0) is 19.1 Å². The molecule has 4 nitrogen and oxygen atoms in total. The van der Waals surface area contributed by atoms with Gasteiger partial charge in [0.25, 0.3) is 0 Å². The minimum Gasteiger partial charge on any atom is -0.466 e. The van der Waals surface area contributed by atoms with Crippen molar-refractivity contribution in [3.63, 3.8) is 0 Å². The fourth-order valence-corrected chi connectivity index (χ4v) is 0.963. The predicted molar refractivity (Wildman–Crippen MR) is 115 cm³/mol. The van der Waals surface area contributed by atoms with Crippen molar-refractivity contribution < 1.29 is 19.1 Å². The third kappa shape index (κ3) is 25.0. The van der Waals surface area contributed by atoms with E-state index in [9.17, 15) is 9.59 Å². The normalized spacial score (nSPS) is 7.48. The average Bonchev–Trinajstić information content (AvgIpc) is 2.72. The van der Waals surface area contributed by atoms with E-state index in [1.54, 1.807) is 19.1 Å². The molecule has 1 aromatic carbocycles. The first-order valence-electron chi connectivity index (χ1n) is 7.89. The number of benzene rings is 1. The summed E-state index contributed by atoms with van der Waals surface area (Å²) < 4.78 is 8.74. The molecule has 0 aliphatic rings. The molecule has 0 radical (unpaired) electrons. The van der Waals surface area contributed by atoms with E-state index < -0.39 is 5.97 Å². The fraction of sp³-hybridized carbons (Fsp3) is 0.130. The van der Waals surface area contributed by atoms with Crippen LogP contribution < -0.4 is 0 Å². The van der Waals surface area contributed by atoms with E-state index >= 15 is 0 Å². The average molecular weight is 370 g/mol. The third-order valence-corrected chi connectivity index (χ3v) is 2.25. The van der Waals surface area contributed by atoms with E-state index in [0.29, 0.717) is 5.57 Å². The van der Waals surface area contributed by atoms with Gasteiger partial charge in [-0.15, -0.1) is 0 Å². The lowest BCUT2D eigenvalue weighted by Gasteiger charge is -1.92. The lowest BCUT2D eigenvalue weighted by atomic mass is 10.2. The number of carbonyl (C=O) groups excluding carboxylic acids is 2. The smallest absolute Gasteiger partial charge is 0.332 e. The SMILES string of the molecule is C=C(C)C(=O)OC.C=CC=C.C=CCOC(=O)C=C.C=Cc1ccccc1. The molecule has 0 amide bonds. The van der Waals surface area contributed by atoms with Crippen molar-refractivity contribution in [3.05, 3.63) is 105 Å². The van der Waals surface area contributed by atoms with Crippen LogP contribution in [0.2, 0.25) is 0 Å². The Labute approximate surface area is 163 Å². The number of ether oxygens (including phenoxy) is 2. The van der Waals surface area contributed by atoms with Crippen LogP contribution in [-0.4, -0.2) is 25.7 Å². The zero-order valence-electron chi connectivity index (χ0n) is 16.4. The first-order chi connectivity index (χ1) is 12.8. The van der Waals surface area contributed by atoms with Gasteiger partial charge in [0, 0.05) is 11.6 Å². The molecule has 0 saturated heterocycles. The summed E-state index contributed by atoms with van der Waals surface area (Å²) in [6.45, 7) is 22.1. The minimum absolute atomic E-state index is 0.255. The molecule has 146 valence electrons. The molecule has 0 spiro atoms. The van der Waals surface area contributed by atoms with Gasteiger partial charge < -0.3 is 9.47 Å². The summed E-state index contributed by atoms with van der Waals surface area (Å²) in [4.78, 5) is 20.4. The molecule has 1 rings (SSSR count). The van der Waals surface area contributed by atoms with E-state index in [2.05, 4.69) is 48.9 Å². The third-order valence-electron chi connectivity index (χ3n) is 2.25. The number of carbonyl (C=O) groups is 2. The Balaban J connectivity index is -0.000000293. The second kappa shape index (κ2) is 22.6. The molecule has 0 bridgehead atoms. The number of allylic oxidation sites excluding steroid dienone is 2. The molecule has 0 fully saturated rings. The molecule has 0 atom stereocenters. The van der Waals surface area contributed by atoms with Gasteiger partial charge in [0.2, 0.25) is 0 Å². The van der Waals surface area contributed by atoms with Crippen molar-refractivity contribution in [2.45, 2.75) is 6.92 Å². The van der Waals surface area contributed by atoms with Crippen LogP contribution in [0.25, 0.3) is 6.08 Å². The zero-order chi connectivity index (χ0) is 21.5. The molecule has 0 saturated carbocycles. The van der Waals surface area contributed by atoms with Gasteiger partial charge in [-0.25, -0.2) is 9.59 Å². The first-order valence-corrected chi connectivity index (χ1v) is 7.89. The number of esters is 2. The van der Waals surface area contributed by atoms with E-state index in [4.69, 9.17) is 0 Å². The summed E-state index contributed by atoms with van der Waals surface area (Å²) in [7, 11) is 1.33. The maximum absolute atomic E-state index is 10.2. The standard InChI is InChI=1S/C8H8.C6H8O2.C5H8O2.C4H6/c1-2-8-6-4-3-5-7-8;1-3-5-8-6(7)4-2;1-4(2)5(6)7-3;1-3-4-2/h2-7H,1H2;3-4H,1-2,5H2;1H2,2-3H3;3-4H,1-2H2. The Morgan fingerprint density at radius 1 is 1.00 bits per heavy atom. The maximum atomic E-state index is 10.2. The van der Waals surface area contributed by atoms with Crippen molar-refractivity contribution in [2.24, 2.45) is 0 Å². The van der Waals surface area contributed by atoms with Gasteiger partial charge >= 0.3 is 11.9 Å². The summed E-state index contributed by atoms with van der Waals surface area (Å²) >= 11 is 0. The van der Waals surface area contributed by atoms with Crippen molar-refractivity contribution in [3.8, 4) is 0 Å². The minimum atomic E-state index is -0.412. The lowest BCUT2D eigenvalue weighted by Crippen LogP contribution is -1.98. The molecule has 0 heterocycles. The van der Waals surface area contributed by atoms with Crippen LogP contribution in [0, 0.1) is 0 Å². The Kier molecular flexibility index (Phi) is 23.8. The van der Waals surface area contributed by atoms with Crippen LogP contribution in [0.3, 0.4) is 0 Å². The predicted octanol–water partition coefficient (Wildman–Crippen LogP) is 5.33. The van der Waals surface area contributed by atoms with Gasteiger partial charge in [-0.2, -0.15) is 0 Å². The molecular formula is C23H30O4. The van der Waals surface area contributed by atoms with Crippen LogP contribution in [0.1, 0.15) is 12.5 Å². The first kappa shape index (κ1) is 28.4. The number of hydrogen-bond donors (Lipinski definition) is 0. The van der Waals surface area contributed by atoms with Crippen molar-refractivity contribution in [1.29, 1.82) is 0 Å². The van der Waals surface area contributed by atoms with Crippen molar-refractivity contribution >= 4 is 18.0 Å². The van der Waals surface area contributed by atoms with Crippen LogP contribution in [0.5, 0.6) is 0 Å². The van der Waals surface area contributed by atoms with Crippen LogP contribution in [0.15, 0.2) is 99.7 Å². The van der Waals surface area contributed by atoms with E-state index in [1.165, 1.54) is 18.7 Å². The highest BCUT2D eigenvalue weighted by Crippen LogP contribution is 1.97. The van der Waals surface area contributed by atoms with Crippen molar-refractivity contribution in [2.75, 3.05) is 13.7 Å². The quantitative estimate of drug-likeness (QED) is 0.294. The highest BCUT2D eigenvalue weighted by Gasteiger charge is 1.95. The van der Waals surface area contributed by atoms with E-state index in [1.807, 2.05) is 36.4 Å². The molecule has 0 aliphatic carbocycles. The zero-order valence-corrected chi connectivity index (χ0v) is 16.4. The Hall–Kier alpha value is -3.40. The van der Waals surface area contributed by atoms with Gasteiger partial charge in [-0.3, -0.25) is 0 Å². The summed E-state index contributed by atoms with van der Waals surface area (Å²) in [5, 5.41) is 0. The van der Waals surface area contributed by atoms with E-state index in [-0.39, 0.29) is 12.6 Å². The van der Waals surface area contributed by atoms with Gasteiger partial charge in [0.1, 0.15) is 6.61 Å². The largest absolute Gasteiger partial charge is 0.466 e. The molecule has 1 aromatic rings. The van der Waals surface area contributed by atoms with Crippen LogP contribution >= 0.6 is 0 Å². The Bertz CT molecular complexity index is 592. The number of rotatable bonds is 6. The molecular weight excluding hydrogens is 340 g/mol. The number of hydrogen-bond acceptors (Lipinski definition) is 4. The topological polar surface area (TPSA) is 52.6 Å². The molecule has 0 aromatic heterocycles. The lowest BCUT2D eigenvalue weighted by molar-refractivity contribution is -0.137. The van der Waals surface area contributed by atoms with Gasteiger partial charge in [0.15, 0.2) is 0 Å². The van der Waals surface area contributed by atoms with Crippen LogP contribution in [0.4, 0.5) is 0 Å². The Morgan fingerprint density at radius 3 is 1.74 bits per heavy atom. The molecule has 4 heteroatoms.